The van der Waals surface area contributed by atoms with Gasteiger partial charge < -0.3 is 14.2 Å². The quantitative estimate of drug-likeness (QED) is 0.325. The molecule has 1 aromatic rings. The largest absolute Gasteiger partial charge is 0.459 e. The lowest BCUT2D eigenvalue weighted by Gasteiger charge is -2.23. The highest BCUT2D eigenvalue weighted by molar-refractivity contribution is 7.98. The van der Waals surface area contributed by atoms with E-state index in [-0.39, 0.29) is 24.1 Å². The van der Waals surface area contributed by atoms with E-state index in [0.717, 1.165) is 0 Å². The van der Waals surface area contributed by atoms with E-state index >= 15 is 0 Å². The molecule has 0 saturated heterocycles. The molecule has 1 unspecified atom stereocenters. The fourth-order valence-electron chi connectivity index (χ4n) is 2.82. The van der Waals surface area contributed by atoms with Crippen molar-refractivity contribution in [3.05, 3.63) is 17.7 Å². The molecule has 1 aliphatic heterocycles. The van der Waals surface area contributed by atoms with Crippen LogP contribution in [0.2, 0.25) is 0 Å². The SMILES string of the molecule is CSc1c(C(=O)C(C(=O)OC(C)(C)C)C(=O)C2CC2)ccc2c1OCO2. The van der Waals surface area contributed by atoms with E-state index in [1.807, 2.05) is 0 Å². The average molecular weight is 378 g/mol. The van der Waals surface area contributed by atoms with Gasteiger partial charge in [-0.3, -0.25) is 14.4 Å². The fourth-order valence-corrected chi connectivity index (χ4v) is 3.55. The molecule has 26 heavy (non-hydrogen) atoms. The average Bonchev–Trinajstić information content (AvgIpc) is 3.29. The first-order chi connectivity index (χ1) is 12.2. The van der Waals surface area contributed by atoms with Gasteiger partial charge in [-0.15, -0.1) is 11.8 Å². The van der Waals surface area contributed by atoms with Gasteiger partial charge in [0.05, 0.1) is 4.90 Å². The lowest BCUT2D eigenvalue weighted by Crippen LogP contribution is -2.38. The zero-order valence-corrected chi connectivity index (χ0v) is 16.1. The van der Waals surface area contributed by atoms with E-state index in [0.29, 0.717) is 29.2 Å². The van der Waals surface area contributed by atoms with Crippen molar-refractivity contribution in [3.63, 3.8) is 0 Å². The number of fused-ring (bicyclic) bond motifs is 1. The fraction of sp³-hybridized carbons (Fsp3) is 0.526. The number of hydrogen-bond donors (Lipinski definition) is 0. The molecular formula is C19H22O6S. The first-order valence-electron chi connectivity index (χ1n) is 8.50. The molecule has 0 aromatic heterocycles. The van der Waals surface area contributed by atoms with Crippen LogP contribution < -0.4 is 9.47 Å². The molecule has 0 amide bonds. The van der Waals surface area contributed by atoms with Crippen LogP contribution in [0.1, 0.15) is 44.0 Å². The number of hydrogen-bond acceptors (Lipinski definition) is 7. The number of ether oxygens (including phenoxy) is 3. The molecule has 7 heteroatoms. The highest BCUT2D eigenvalue weighted by atomic mass is 32.2. The summed E-state index contributed by atoms with van der Waals surface area (Å²) in [7, 11) is 0. The Morgan fingerprint density at radius 3 is 2.46 bits per heavy atom. The van der Waals surface area contributed by atoms with Crippen molar-refractivity contribution in [3.8, 4) is 11.5 Å². The number of thioether (sulfide) groups is 1. The van der Waals surface area contributed by atoms with Gasteiger partial charge in [-0.05, 0) is 52.0 Å². The van der Waals surface area contributed by atoms with Gasteiger partial charge >= 0.3 is 5.97 Å². The molecule has 1 atom stereocenters. The smallest absolute Gasteiger partial charge is 0.325 e. The van der Waals surface area contributed by atoms with Crippen LogP contribution in [0.25, 0.3) is 0 Å². The highest BCUT2D eigenvalue weighted by Gasteiger charge is 2.45. The summed E-state index contributed by atoms with van der Waals surface area (Å²) < 4.78 is 16.2. The highest BCUT2D eigenvalue weighted by Crippen LogP contribution is 2.43. The van der Waals surface area contributed by atoms with Crippen molar-refractivity contribution < 1.29 is 28.6 Å². The van der Waals surface area contributed by atoms with Crippen LogP contribution in [-0.4, -0.2) is 36.2 Å². The van der Waals surface area contributed by atoms with Crippen LogP contribution in [0.15, 0.2) is 17.0 Å². The summed E-state index contributed by atoms with van der Waals surface area (Å²) in [6.45, 7) is 5.21. The van der Waals surface area contributed by atoms with Crippen LogP contribution in [0, 0.1) is 11.8 Å². The summed E-state index contributed by atoms with van der Waals surface area (Å²) in [5, 5.41) is 0. The number of rotatable bonds is 6. The number of carbonyl (C=O) groups excluding carboxylic acids is 3. The Morgan fingerprint density at radius 2 is 1.88 bits per heavy atom. The van der Waals surface area contributed by atoms with Crippen LogP contribution in [-0.2, 0) is 14.3 Å². The van der Waals surface area contributed by atoms with E-state index in [1.54, 1.807) is 39.2 Å². The van der Waals surface area contributed by atoms with Crippen LogP contribution in [0.3, 0.4) is 0 Å². The molecule has 0 N–H and O–H groups in total. The van der Waals surface area contributed by atoms with E-state index < -0.39 is 23.3 Å². The van der Waals surface area contributed by atoms with Crippen molar-refractivity contribution in [2.24, 2.45) is 11.8 Å². The van der Waals surface area contributed by atoms with Gasteiger partial charge in [0, 0.05) is 11.5 Å². The molecule has 0 radical (unpaired) electrons. The maximum Gasteiger partial charge on any atom is 0.325 e. The molecule has 0 bridgehead atoms. The molecule has 1 heterocycles. The van der Waals surface area contributed by atoms with Crippen molar-refractivity contribution in [1.82, 2.24) is 0 Å². The Kier molecular flexibility index (Phi) is 5.01. The maximum atomic E-state index is 13.2. The Balaban J connectivity index is 1.98. The summed E-state index contributed by atoms with van der Waals surface area (Å²) in [6.07, 6.45) is 3.23. The third-order valence-corrected chi connectivity index (χ3v) is 4.95. The number of carbonyl (C=O) groups is 3. The number of ketones is 2. The predicted octanol–water partition coefficient (Wildman–Crippen LogP) is 3.26. The van der Waals surface area contributed by atoms with Crippen LogP contribution in [0.4, 0.5) is 0 Å². The topological polar surface area (TPSA) is 78.9 Å². The van der Waals surface area contributed by atoms with Crippen LogP contribution >= 0.6 is 11.8 Å². The normalized spacial score (nSPS) is 16.9. The van der Waals surface area contributed by atoms with Crippen LogP contribution in [0.5, 0.6) is 11.5 Å². The van der Waals surface area contributed by atoms with Crippen molar-refractivity contribution in [2.75, 3.05) is 13.0 Å². The van der Waals surface area contributed by atoms with E-state index in [2.05, 4.69) is 0 Å². The Hall–Kier alpha value is -2.02. The Morgan fingerprint density at radius 1 is 1.19 bits per heavy atom. The minimum absolute atomic E-state index is 0.0804. The van der Waals surface area contributed by atoms with Gasteiger partial charge in [0.2, 0.25) is 6.79 Å². The number of benzene rings is 1. The second-order valence-electron chi connectivity index (χ2n) is 7.39. The maximum absolute atomic E-state index is 13.2. The van der Waals surface area contributed by atoms with E-state index in [1.165, 1.54) is 11.8 Å². The molecule has 3 rings (SSSR count). The van der Waals surface area contributed by atoms with Gasteiger partial charge in [0.15, 0.2) is 29.0 Å². The predicted molar refractivity (Wildman–Crippen MR) is 95.7 cm³/mol. The summed E-state index contributed by atoms with van der Waals surface area (Å²) in [5.41, 5.74) is -0.497. The van der Waals surface area contributed by atoms with Gasteiger partial charge in [0.1, 0.15) is 5.60 Å². The van der Waals surface area contributed by atoms with Gasteiger partial charge in [0.25, 0.3) is 0 Å². The molecule has 1 fully saturated rings. The van der Waals surface area contributed by atoms with Crippen molar-refractivity contribution >= 4 is 29.3 Å². The van der Waals surface area contributed by atoms with Gasteiger partial charge in [-0.25, -0.2) is 0 Å². The van der Waals surface area contributed by atoms with Crippen molar-refractivity contribution in [2.45, 2.75) is 44.1 Å². The second-order valence-corrected chi connectivity index (χ2v) is 8.20. The summed E-state index contributed by atoms with van der Waals surface area (Å²) >= 11 is 1.32. The van der Waals surface area contributed by atoms with E-state index in [9.17, 15) is 14.4 Å². The minimum Gasteiger partial charge on any atom is -0.459 e. The summed E-state index contributed by atoms with van der Waals surface area (Å²) in [6, 6.07) is 3.21. The molecule has 1 aliphatic carbocycles. The number of esters is 1. The number of Topliss-reactive ketones (excluding diaryl/α,β-unsaturated/α-hetero) is 2. The zero-order chi connectivity index (χ0) is 19.1. The van der Waals surface area contributed by atoms with E-state index in [4.69, 9.17) is 14.2 Å². The summed E-state index contributed by atoms with van der Waals surface area (Å²) in [4.78, 5) is 39.1. The standard InChI is InChI=1S/C19H22O6S/c1-19(2,3)25-18(22)13(14(20)10-5-6-10)15(21)11-7-8-12-16(17(11)26-4)24-9-23-12/h7-8,10,13H,5-6,9H2,1-4H3. The molecule has 140 valence electrons. The first-order valence-corrected chi connectivity index (χ1v) is 9.73. The van der Waals surface area contributed by atoms with Crippen molar-refractivity contribution in [1.29, 1.82) is 0 Å². The third kappa shape index (κ3) is 3.72. The summed E-state index contributed by atoms with van der Waals surface area (Å²) in [5.74, 6) is -2.33. The monoisotopic (exact) mass is 378 g/mol. The molecule has 1 saturated carbocycles. The lowest BCUT2D eigenvalue weighted by molar-refractivity contribution is -0.160. The molecule has 1 aromatic carbocycles. The Labute approximate surface area is 156 Å². The minimum atomic E-state index is -1.44. The molecular weight excluding hydrogens is 356 g/mol. The van der Waals surface area contributed by atoms with Gasteiger partial charge in [-0.1, -0.05) is 0 Å². The van der Waals surface area contributed by atoms with Gasteiger partial charge in [-0.2, -0.15) is 0 Å². The second kappa shape index (κ2) is 6.95. The Bertz CT molecular complexity index is 760. The lowest BCUT2D eigenvalue weighted by atomic mass is 9.90. The first kappa shape index (κ1) is 18.8. The third-order valence-electron chi connectivity index (χ3n) is 4.13. The zero-order valence-electron chi connectivity index (χ0n) is 15.3. The molecule has 0 spiro atoms. The molecule has 2 aliphatic rings. The molecule has 6 nitrogen and oxygen atoms in total.